The Labute approximate surface area is 87.4 Å². The van der Waals surface area contributed by atoms with Crippen LogP contribution in [0.4, 0.5) is 0 Å². The zero-order valence-electron chi connectivity index (χ0n) is 8.64. The summed E-state index contributed by atoms with van der Waals surface area (Å²) < 4.78 is 4.51. The zero-order valence-corrected chi connectivity index (χ0v) is 8.64. The monoisotopic (exact) mass is 213 g/mol. The Bertz CT molecular complexity index is 324. The van der Waals surface area contributed by atoms with Gasteiger partial charge in [-0.1, -0.05) is 10.3 Å². The fourth-order valence-electron chi connectivity index (χ4n) is 1.35. The Kier molecular flexibility index (Phi) is 4.23. The van der Waals surface area contributed by atoms with Crippen molar-refractivity contribution in [1.82, 2.24) is 10.3 Å². The molecule has 1 aromatic heterocycles. The van der Waals surface area contributed by atoms with Gasteiger partial charge in [-0.25, -0.2) is 4.63 Å². The second kappa shape index (κ2) is 5.45. The molecular weight excluding hydrogens is 198 g/mol. The molecule has 1 rings (SSSR count). The molecule has 1 heterocycles. The van der Waals surface area contributed by atoms with E-state index < -0.39 is 11.9 Å². The average molecular weight is 213 g/mol. The van der Waals surface area contributed by atoms with Crippen LogP contribution in [0.3, 0.4) is 0 Å². The van der Waals surface area contributed by atoms with Crippen molar-refractivity contribution in [3.63, 3.8) is 0 Å². The minimum Gasteiger partial charge on any atom is -0.481 e. The maximum atomic E-state index is 10.9. The van der Waals surface area contributed by atoms with E-state index in [1.807, 2.05) is 0 Å². The van der Waals surface area contributed by atoms with Gasteiger partial charge in [0.05, 0.1) is 5.92 Å². The first-order valence-corrected chi connectivity index (χ1v) is 4.86. The second-order valence-corrected chi connectivity index (χ2v) is 3.47. The van der Waals surface area contributed by atoms with Gasteiger partial charge in [-0.05, 0) is 26.3 Å². The van der Waals surface area contributed by atoms with Gasteiger partial charge in [-0.15, -0.1) is 0 Å². The summed E-state index contributed by atoms with van der Waals surface area (Å²) in [4.78, 5) is 10.9. The molecule has 0 aliphatic rings. The third-order valence-corrected chi connectivity index (χ3v) is 2.29. The van der Waals surface area contributed by atoms with Crippen LogP contribution in [-0.4, -0.2) is 27.9 Å². The summed E-state index contributed by atoms with van der Waals surface area (Å²) in [6, 6.07) is 0. The first kappa shape index (κ1) is 11.6. The molecule has 84 valence electrons. The summed E-state index contributed by atoms with van der Waals surface area (Å²) in [6.45, 7) is 2.24. The van der Waals surface area contributed by atoms with Gasteiger partial charge in [0.25, 0.3) is 0 Å². The minimum atomic E-state index is -0.828. The van der Waals surface area contributed by atoms with Gasteiger partial charge < -0.3 is 10.8 Å². The van der Waals surface area contributed by atoms with Crippen molar-refractivity contribution in [2.24, 2.45) is 11.7 Å². The molecule has 15 heavy (non-hydrogen) atoms. The van der Waals surface area contributed by atoms with Gasteiger partial charge in [0.15, 0.2) is 0 Å². The highest BCUT2D eigenvalue weighted by molar-refractivity contribution is 5.70. The number of nitrogens with zero attached hydrogens (tertiary/aromatic N) is 2. The van der Waals surface area contributed by atoms with Gasteiger partial charge in [-0.3, -0.25) is 4.79 Å². The van der Waals surface area contributed by atoms with Crippen LogP contribution >= 0.6 is 0 Å². The number of hydrogen-bond donors (Lipinski definition) is 2. The Morgan fingerprint density at radius 3 is 2.80 bits per heavy atom. The van der Waals surface area contributed by atoms with E-state index in [2.05, 4.69) is 14.9 Å². The van der Waals surface area contributed by atoms with E-state index in [1.165, 1.54) is 0 Å². The third kappa shape index (κ3) is 3.32. The lowest BCUT2D eigenvalue weighted by atomic mass is 9.97. The molecule has 0 fully saturated rings. The van der Waals surface area contributed by atoms with Crippen molar-refractivity contribution in [2.45, 2.75) is 26.2 Å². The maximum Gasteiger partial charge on any atom is 0.306 e. The Morgan fingerprint density at radius 1 is 1.60 bits per heavy atom. The lowest BCUT2D eigenvalue weighted by Crippen LogP contribution is -2.18. The van der Waals surface area contributed by atoms with Crippen LogP contribution in [0, 0.1) is 12.8 Å². The summed E-state index contributed by atoms with van der Waals surface area (Å²) in [6.07, 6.45) is 1.60. The molecular formula is C9H15N3O3. The smallest absolute Gasteiger partial charge is 0.306 e. The molecule has 0 saturated heterocycles. The maximum absolute atomic E-state index is 10.9. The van der Waals surface area contributed by atoms with Gasteiger partial charge >= 0.3 is 5.97 Å². The summed E-state index contributed by atoms with van der Waals surface area (Å²) in [5, 5.41) is 16.2. The van der Waals surface area contributed by atoms with Gasteiger partial charge in [-0.2, -0.15) is 0 Å². The first-order chi connectivity index (χ1) is 7.15. The molecule has 0 aliphatic carbocycles. The third-order valence-electron chi connectivity index (χ3n) is 2.29. The van der Waals surface area contributed by atoms with Crippen molar-refractivity contribution in [3.8, 4) is 0 Å². The number of nitrogens with two attached hydrogens (primary N) is 1. The van der Waals surface area contributed by atoms with Crippen LogP contribution in [0.2, 0.25) is 0 Å². The predicted octanol–water partition coefficient (Wildman–Crippen LogP) is 0.360. The fourth-order valence-corrected chi connectivity index (χ4v) is 1.35. The molecule has 0 spiro atoms. The number of carboxylic acids is 1. The Balaban J connectivity index is 2.59. The highest BCUT2D eigenvalue weighted by Gasteiger charge is 2.20. The SMILES string of the molecule is Cc1nonc1CC(CCCN)C(=O)O. The van der Waals surface area contributed by atoms with E-state index in [-0.39, 0.29) is 0 Å². The topological polar surface area (TPSA) is 102 Å². The summed E-state index contributed by atoms with van der Waals surface area (Å²) in [5.41, 5.74) is 6.60. The number of aryl methyl sites for hydroxylation is 1. The predicted molar refractivity (Wildman–Crippen MR) is 52.2 cm³/mol. The summed E-state index contributed by atoms with van der Waals surface area (Å²) in [5.74, 6) is -1.29. The molecule has 0 bridgehead atoms. The van der Waals surface area contributed by atoms with E-state index in [0.717, 1.165) is 0 Å². The van der Waals surface area contributed by atoms with Gasteiger partial charge in [0.1, 0.15) is 11.4 Å². The molecule has 0 aliphatic heterocycles. The lowest BCUT2D eigenvalue weighted by molar-refractivity contribution is -0.142. The van der Waals surface area contributed by atoms with Crippen LogP contribution in [0.1, 0.15) is 24.2 Å². The molecule has 1 atom stereocenters. The molecule has 1 unspecified atom stereocenters. The molecule has 0 aromatic carbocycles. The number of aromatic nitrogens is 2. The average Bonchev–Trinajstić information content (AvgIpc) is 2.58. The van der Waals surface area contributed by atoms with E-state index in [9.17, 15) is 4.79 Å². The largest absolute Gasteiger partial charge is 0.481 e. The quantitative estimate of drug-likeness (QED) is 0.707. The minimum absolute atomic E-state index is 0.352. The number of hydrogen-bond acceptors (Lipinski definition) is 5. The van der Waals surface area contributed by atoms with Crippen LogP contribution in [0.15, 0.2) is 4.63 Å². The summed E-state index contributed by atoms with van der Waals surface area (Å²) in [7, 11) is 0. The molecule has 0 saturated carbocycles. The van der Waals surface area contributed by atoms with Gasteiger partial charge in [0, 0.05) is 6.42 Å². The van der Waals surface area contributed by atoms with Crippen molar-refractivity contribution < 1.29 is 14.5 Å². The van der Waals surface area contributed by atoms with Crippen LogP contribution in [-0.2, 0) is 11.2 Å². The number of carbonyl (C=O) groups is 1. The Morgan fingerprint density at radius 2 is 2.33 bits per heavy atom. The lowest BCUT2D eigenvalue weighted by Gasteiger charge is -2.09. The molecule has 1 aromatic rings. The Hall–Kier alpha value is -1.43. The normalized spacial score (nSPS) is 12.7. The van der Waals surface area contributed by atoms with Crippen LogP contribution in [0.5, 0.6) is 0 Å². The molecule has 0 amide bonds. The summed E-state index contributed by atoms with van der Waals surface area (Å²) >= 11 is 0. The molecule has 0 radical (unpaired) electrons. The van der Waals surface area contributed by atoms with E-state index >= 15 is 0 Å². The van der Waals surface area contributed by atoms with Crippen molar-refractivity contribution in [1.29, 1.82) is 0 Å². The fraction of sp³-hybridized carbons (Fsp3) is 0.667. The standard InChI is InChI=1S/C9H15N3O3/c1-6-8(12-15-11-6)5-7(9(13)14)3-2-4-10/h7H,2-5,10H2,1H3,(H,13,14). The highest BCUT2D eigenvalue weighted by Crippen LogP contribution is 2.14. The molecule has 6 nitrogen and oxygen atoms in total. The highest BCUT2D eigenvalue weighted by atomic mass is 16.6. The van der Waals surface area contributed by atoms with E-state index in [4.69, 9.17) is 10.8 Å². The van der Waals surface area contributed by atoms with Gasteiger partial charge in [0.2, 0.25) is 0 Å². The number of rotatable bonds is 6. The first-order valence-electron chi connectivity index (χ1n) is 4.86. The number of aliphatic carboxylic acids is 1. The second-order valence-electron chi connectivity index (χ2n) is 3.47. The van der Waals surface area contributed by atoms with Crippen molar-refractivity contribution in [3.05, 3.63) is 11.4 Å². The molecule has 6 heteroatoms. The van der Waals surface area contributed by atoms with Crippen molar-refractivity contribution in [2.75, 3.05) is 6.54 Å². The van der Waals surface area contributed by atoms with Crippen molar-refractivity contribution >= 4 is 5.97 Å². The number of carboxylic acid groups (broad SMARTS) is 1. The van der Waals surface area contributed by atoms with Crippen LogP contribution in [0.25, 0.3) is 0 Å². The van der Waals surface area contributed by atoms with E-state index in [1.54, 1.807) is 6.92 Å². The van der Waals surface area contributed by atoms with Crippen LogP contribution < -0.4 is 5.73 Å². The molecule has 3 N–H and O–H groups in total. The van der Waals surface area contributed by atoms with E-state index in [0.29, 0.717) is 37.2 Å². The zero-order chi connectivity index (χ0) is 11.3.